The van der Waals surface area contributed by atoms with E-state index >= 15 is 0 Å². The molecule has 4 rings (SSSR count). The highest BCUT2D eigenvalue weighted by Crippen LogP contribution is 2.36. The van der Waals surface area contributed by atoms with E-state index in [4.69, 9.17) is 37.4 Å². The molecule has 0 N–H and O–H groups in total. The molecule has 1 aliphatic heterocycles. The summed E-state index contributed by atoms with van der Waals surface area (Å²) in [5.41, 5.74) is 1.74. The highest BCUT2D eigenvalue weighted by Gasteiger charge is 2.35. The predicted molar refractivity (Wildman–Crippen MR) is 146 cm³/mol. The number of aromatic nitrogens is 1. The highest BCUT2D eigenvalue weighted by molar-refractivity contribution is 7.07. The van der Waals surface area contributed by atoms with Gasteiger partial charge >= 0.3 is 5.97 Å². The van der Waals surface area contributed by atoms with Crippen molar-refractivity contribution in [3.8, 4) is 11.5 Å². The molecule has 37 heavy (non-hydrogen) atoms. The van der Waals surface area contributed by atoms with Crippen LogP contribution in [0.1, 0.15) is 44.9 Å². The summed E-state index contributed by atoms with van der Waals surface area (Å²) in [6, 6.07) is 9.92. The number of thiazole rings is 1. The molecule has 194 valence electrons. The second-order valence-corrected chi connectivity index (χ2v) is 10.3. The summed E-state index contributed by atoms with van der Waals surface area (Å²) in [5, 5.41) is 0.652. The number of halogens is 2. The maximum atomic E-state index is 13.8. The minimum atomic E-state index is -0.782. The molecule has 10 heteroatoms. The van der Waals surface area contributed by atoms with Gasteiger partial charge < -0.3 is 14.2 Å². The number of benzene rings is 2. The lowest BCUT2D eigenvalue weighted by Crippen LogP contribution is -2.40. The average molecular weight is 561 g/mol. The largest absolute Gasteiger partial charge is 0.494 e. The van der Waals surface area contributed by atoms with Crippen molar-refractivity contribution in [3.63, 3.8) is 0 Å². The normalized spacial score (nSPS) is 15.5. The zero-order valence-electron chi connectivity index (χ0n) is 21.0. The molecule has 0 unspecified atom stereocenters. The van der Waals surface area contributed by atoms with Gasteiger partial charge in [-0.1, -0.05) is 52.7 Å². The fraction of sp³-hybridized carbons (Fsp3) is 0.296. The quantitative estimate of drug-likeness (QED) is 0.384. The second kappa shape index (κ2) is 11.1. The smallest absolute Gasteiger partial charge is 0.338 e. The minimum Gasteiger partial charge on any atom is -0.494 e. The number of esters is 1. The number of methoxy groups -OCH3 is 1. The minimum absolute atomic E-state index is 0.113. The van der Waals surface area contributed by atoms with Crippen LogP contribution in [-0.4, -0.2) is 30.4 Å². The van der Waals surface area contributed by atoms with Crippen molar-refractivity contribution in [2.45, 2.75) is 39.8 Å². The molecule has 1 aliphatic rings. The third-order valence-electron chi connectivity index (χ3n) is 5.62. The SMILES string of the molecule is CCOC(=O)C1=C(C)N=c2s/c(=C/c3cc(Cl)c(OC)c(Cl)c3)c(=O)n2[C@H]1c1ccccc1OC(C)C. The van der Waals surface area contributed by atoms with Crippen molar-refractivity contribution in [2.75, 3.05) is 13.7 Å². The molecule has 0 amide bonds. The number of hydrogen-bond acceptors (Lipinski definition) is 7. The number of para-hydroxylation sites is 1. The Kier molecular flexibility index (Phi) is 8.11. The van der Waals surface area contributed by atoms with E-state index < -0.39 is 12.0 Å². The van der Waals surface area contributed by atoms with Crippen LogP contribution in [0.25, 0.3) is 6.08 Å². The van der Waals surface area contributed by atoms with Crippen molar-refractivity contribution in [1.29, 1.82) is 0 Å². The van der Waals surface area contributed by atoms with Gasteiger partial charge in [-0.15, -0.1) is 0 Å². The number of allylic oxidation sites excluding steroid dienone is 1. The monoisotopic (exact) mass is 560 g/mol. The summed E-state index contributed by atoms with van der Waals surface area (Å²) in [4.78, 5) is 32.0. The van der Waals surface area contributed by atoms with E-state index in [0.717, 1.165) is 0 Å². The number of rotatable bonds is 7. The molecular formula is C27H26Cl2N2O5S. The first-order valence-electron chi connectivity index (χ1n) is 11.6. The Labute approximate surface area is 228 Å². The first-order valence-corrected chi connectivity index (χ1v) is 13.2. The van der Waals surface area contributed by atoms with Crippen LogP contribution in [0, 0.1) is 0 Å². The van der Waals surface area contributed by atoms with Gasteiger partial charge in [0.05, 0.1) is 45.7 Å². The zero-order chi connectivity index (χ0) is 26.9. The molecule has 0 saturated heterocycles. The van der Waals surface area contributed by atoms with Crippen LogP contribution in [0.15, 0.2) is 57.5 Å². The maximum Gasteiger partial charge on any atom is 0.338 e. The van der Waals surface area contributed by atoms with Crippen molar-refractivity contribution in [1.82, 2.24) is 4.57 Å². The number of hydrogen-bond donors (Lipinski definition) is 0. The predicted octanol–water partition coefficient (Wildman–Crippen LogP) is 4.90. The van der Waals surface area contributed by atoms with Gasteiger partial charge in [-0.05, 0) is 57.5 Å². The Morgan fingerprint density at radius 3 is 2.51 bits per heavy atom. The summed E-state index contributed by atoms with van der Waals surface area (Å²) < 4.78 is 18.6. The fourth-order valence-electron chi connectivity index (χ4n) is 4.16. The van der Waals surface area contributed by atoms with Crippen LogP contribution in [0.4, 0.5) is 0 Å². The molecule has 0 saturated carbocycles. The fourth-order valence-corrected chi connectivity index (χ4v) is 5.87. The number of nitrogens with zero attached hydrogens (tertiary/aromatic N) is 2. The van der Waals surface area contributed by atoms with Crippen LogP contribution in [-0.2, 0) is 9.53 Å². The molecule has 1 aromatic heterocycles. The van der Waals surface area contributed by atoms with Crippen molar-refractivity contribution >= 4 is 46.6 Å². The third-order valence-corrected chi connectivity index (χ3v) is 7.16. The number of carbonyl (C=O) groups is 1. The molecule has 0 spiro atoms. The number of fused-ring (bicyclic) bond motifs is 1. The van der Waals surface area contributed by atoms with Gasteiger partial charge in [0.25, 0.3) is 5.56 Å². The second-order valence-electron chi connectivity index (χ2n) is 8.52. The molecule has 7 nitrogen and oxygen atoms in total. The maximum absolute atomic E-state index is 13.8. The molecule has 3 aromatic rings. The highest BCUT2D eigenvalue weighted by atomic mass is 35.5. The van der Waals surface area contributed by atoms with Crippen molar-refractivity contribution in [3.05, 3.63) is 88.5 Å². The first kappa shape index (κ1) is 27.0. The van der Waals surface area contributed by atoms with E-state index in [-0.39, 0.29) is 23.8 Å². The topological polar surface area (TPSA) is 79.1 Å². The van der Waals surface area contributed by atoms with Gasteiger partial charge in [-0.3, -0.25) is 9.36 Å². The van der Waals surface area contributed by atoms with E-state index in [1.165, 1.54) is 23.0 Å². The lowest BCUT2D eigenvalue weighted by molar-refractivity contribution is -0.139. The van der Waals surface area contributed by atoms with Crippen LogP contribution < -0.4 is 24.4 Å². The Bertz CT molecular complexity index is 1550. The Balaban J connectivity index is 1.97. The van der Waals surface area contributed by atoms with E-state index in [0.29, 0.717) is 47.7 Å². The Hall–Kier alpha value is -3.07. The van der Waals surface area contributed by atoms with Crippen LogP contribution >= 0.6 is 34.5 Å². The zero-order valence-corrected chi connectivity index (χ0v) is 23.3. The molecule has 0 fully saturated rings. The summed E-state index contributed by atoms with van der Waals surface area (Å²) in [5.74, 6) is 0.400. The van der Waals surface area contributed by atoms with Gasteiger partial charge in [0.15, 0.2) is 10.6 Å². The molecule has 2 aromatic carbocycles. The van der Waals surface area contributed by atoms with Gasteiger partial charge in [0.2, 0.25) is 0 Å². The summed E-state index contributed by atoms with van der Waals surface area (Å²) in [6.07, 6.45) is 1.58. The summed E-state index contributed by atoms with van der Waals surface area (Å²) >= 11 is 13.8. The van der Waals surface area contributed by atoms with Gasteiger partial charge in [-0.25, -0.2) is 9.79 Å². The standard InChI is InChI=1S/C27H26Cl2N2O5S/c1-6-35-26(33)22-15(4)30-27-31(23(22)17-9-7-8-10-20(17)36-14(2)3)25(32)21(37-27)13-16-11-18(28)24(34-5)19(29)12-16/h7-14,23H,6H2,1-5H3/b21-13+/t23-/m0/s1. The van der Waals surface area contributed by atoms with Crippen LogP contribution in [0.2, 0.25) is 10.0 Å². The average Bonchev–Trinajstić information content (AvgIpc) is 3.12. The number of carbonyl (C=O) groups excluding carboxylic acids is 1. The van der Waals surface area contributed by atoms with E-state index in [9.17, 15) is 9.59 Å². The lowest BCUT2D eigenvalue weighted by atomic mass is 9.95. The number of ether oxygens (including phenoxy) is 3. The Morgan fingerprint density at radius 1 is 1.22 bits per heavy atom. The van der Waals surface area contributed by atoms with E-state index in [1.807, 2.05) is 38.1 Å². The Morgan fingerprint density at radius 2 is 1.89 bits per heavy atom. The summed E-state index contributed by atoms with van der Waals surface area (Å²) in [7, 11) is 1.48. The molecule has 0 aliphatic carbocycles. The van der Waals surface area contributed by atoms with Gasteiger partial charge in [-0.2, -0.15) is 0 Å². The van der Waals surface area contributed by atoms with Crippen molar-refractivity contribution < 1.29 is 19.0 Å². The summed E-state index contributed by atoms with van der Waals surface area (Å²) in [6.45, 7) is 7.50. The molecule has 1 atom stereocenters. The molecule has 0 bridgehead atoms. The third kappa shape index (κ3) is 5.32. The molecule has 2 heterocycles. The molecular weight excluding hydrogens is 535 g/mol. The lowest BCUT2D eigenvalue weighted by Gasteiger charge is -2.26. The molecule has 0 radical (unpaired) electrons. The van der Waals surface area contributed by atoms with E-state index in [1.54, 1.807) is 32.1 Å². The van der Waals surface area contributed by atoms with Crippen LogP contribution in [0.5, 0.6) is 11.5 Å². The van der Waals surface area contributed by atoms with Gasteiger partial charge in [0.1, 0.15) is 11.8 Å². The van der Waals surface area contributed by atoms with Crippen molar-refractivity contribution in [2.24, 2.45) is 4.99 Å². The first-order chi connectivity index (χ1) is 17.7. The van der Waals surface area contributed by atoms with E-state index in [2.05, 4.69) is 4.99 Å². The van der Waals surface area contributed by atoms with Gasteiger partial charge in [0, 0.05) is 5.56 Å². The van der Waals surface area contributed by atoms with Crippen LogP contribution in [0.3, 0.4) is 0 Å².